The molecule has 0 amide bonds. The third kappa shape index (κ3) is 1.98. The van der Waals surface area contributed by atoms with Crippen molar-refractivity contribution in [3.8, 4) is 0 Å². The van der Waals surface area contributed by atoms with Crippen molar-refractivity contribution in [1.82, 2.24) is 0 Å². The van der Waals surface area contributed by atoms with Crippen LogP contribution in [0, 0.1) is 15.9 Å². The van der Waals surface area contributed by atoms with Gasteiger partial charge in [0.2, 0.25) is 0 Å². The molecule has 0 heterocycles. The maximum absolute atomic E-state index is 12.9. The average molecular weight is 224 g/mol. The summed E-state index contributed by atoms with van der Waals surface area (Å²) in [7, 11) is 0. The third-order valence-corrected chi connectivity index (χ3v) is 3.05. The fourth-order valence-electron chi connectivity index (χ4n) is 1.92. The minimum absolute atomic E-state index is 0.0808. The smallest absolute Gasteiger partial charge is 0.295 e. The van der Waals surface area contributed by atoms with E-state index >= 15 is 0 Å². The molecule has 1 aliphatic rings. The van der Waals surface area contributed by atoms with E-state index in [1.54, 1.807) is 0 Å². The van der Waals surface area contributed by atoms with Crippen LogP contribution in [-0.4, -0.2) is 10.5 Å². The number of nitrogens with one attached hydrogen (secondary N) is 1. The number of benzene rings is 1. The zero-order chi connectivity index (χ0) is 11.8. The first-order valence-corrected chi connectivity index (χ1v) is 5.22. The number of anilines is 1. The molecule has 0 saturated heterocycles. The molecule has 1 aromatic rings. The van der Waals surface area contributed by atoms with Crippen molar-refractivity contribution in [2.75, 3.05) is 5.32 Å². The van der Waals surface area contributed by atoms with Gasteiger partial charge in [0, 0.05) is 5.54 Å². The fourth-order valence-corrected chi connectivity index (χ4v) is 1.92. The van der Waals surface area contributed by atoms with Gasteiger partial charge in [-0.25, -0.2) is 4.39 Å². The van der Waals surface area contributed by atoms with E-state index in [0.29, 0.717) is 5.69 Å². The van der Waals surface area contributed by atoms with Gasteiger partial charge in [-0.3, -0.25) is 10.1 Å². The molecular weight excluding hydrogens is 211 g/mol. The van der Waals surface area contributed by atoms with E-state index in [2.05, 4.69) is 5.32 Å². The van der Waals surface area contributed by atoms with Gasteiger partial charge >= 0.3 is 0 Å². The van der Waals surface area contributed by atoms with Crippen LogP contribution in [0.2, 0.25) is 0 Å². The minimum Gasteiger partial charge on any atom is -0.374 e. The summed E-state index contributed by atoms with van der Waals surface area (Å²) in [5.74, 6) is -0.587. The molecule has 5 heteroatoms. The van der Waals surface area contributed by atoms with Crippen molar-refractivity contribution in [3.05, 3.63) is 34.1 Å². The number of nitro benzene ring substituents is 1. The Hall–Kier alpha value is -1.65. The van der Waals surface area contributed by atoms with Crippen LogP contribution in [0.3, 0.4) is 0 Å². The lowest BCUT2D eigenvalue weighted by Gasteiger charge is -2.39. The summed E-state index contributed by atoms with van der Waals surface area (Å²) in [6.45, 7) is 2.02. The van der Waals surface area contributed by atoms with E-state index in [4.69, 9.17) is 0 Å². The Morgan fingerprint density at radius 1 is 1.50 bits per heavy atom. The first-order valence-electron chi connectivity index (χ1n) is 5.22. The van der Waals surface area contributed by atoms with Gasteiger partial charge in [-0.05, 0) is 38.3 Å². The van der Waals surface area contributed by atoms with E-state index in [1.165, 1.54) is 12.1 Å². The second-order valence-corrected chi connectivity index (χ2v) is 4.46. The SMILES string of the molecule is CC1(Nc2ccc(F)cc2[N+](=O)[O-])CCC1. The van der Waals surface area contributed by atoms with Crippen LogP contribution in [-0.2, 0) is 0 Å². The molecule has 86 valence electrons. The van der Waals surface area contributed by atoms with Crippen LogP contribution >= 0.6 is 0 Å². The molecule has 0 atom stereocenters. The van der Waals surface area contributed by atoms with Crippen LogP contribution in [0.25, 0.3) is 0 Å². The molecule has 2 rings (SSSR count). The Labute approximate surface area is 92.6 Å². The Morgan fingerprint density at radius 3 is 2.69 bits per heavy atom. The van der Waals surface area contributed by atoms with Gasteiger partial charge in [-0.15, -0.1) is 0 Å². The van der Waals surface area contributed by atoms with Gasteiger partial charge < -0.3 is 5.32 Å². The molecule has 1 aliphatic carbocycles. The number of halogens is 1. The van der Waals surface area contributed by atoms with Crippen LogP contribution < -0.4 is 5.32 Å². The third-order valence-electron chi connectivity index (χ3n) is 3.05. The maximum Gasteiger partial charge on any atom is 0.295 e. The van der Waals surface area contributed by atoms with E-state index in [0.717, 1.165) is 25.3 Å². The van der Waals surface area contributed by atoms with Crippen molar-refractivity contribution in [3.63, 3.8) is 0 Å². The van der Waals surface area contributed by atoms with Crippen LogP contribution in [0.4, 0.5) is 15.8 Å². The first-order chi connectivity index (χ1) is 7.50. The van der Waals surface area contributed by atoms with Crippen molar-refractivity contribution >= 4 is 11.4 Å². The molecule has 1 fully saturated rings. The lowest BCUT2D eigenvalue weighted by atomic mass is 9.78. The second kappa shape index (κ2) is 3.73. The van der Waals surface area contributed by atoms with E-state index in [9.17, 15) is 14.5 Å². The van der Waals surface area contributed by atoms with Crippen molar-refractivity contribution < 1.29 is 9.31 Å². The monoisotopic (exact) mass is 224 g/mol. The van der Waals surface area contributed by atoms with Gasteiger partial charge in [-0.2, -0.15) is 0 Å². The number of rotatable bonds is 3. The molecular formula is C11H13FN2O2. The molecule has 16 heavy (non-hydrogen) atoms. The number of hydrogen-bond acceptors (Lipinski definition) is 3. The van der Waals surface area contributed by atoms with Gasteiger partial charge in [0.25, 0.3) is 5.69 Å². The normalized spacial score (nSPS) is 17.6. The summed E-state index contributed by atoms with van der Waals surface area (Å²) in [6.07, 6.45) is 3.10. The molecule has 0 bridgehead atoms. The quantitative estimate of drug-likeness (QED) is 0.634. The molecule has 0 aliphatic heterocycles. The largest absolute Gasteiger partial charge is 0.374 e. The predicted octanol–water partition coefficient (Wildman–Crippen LogP) is 3.09. The van der Waals surface area contributed by atoms with Gasteiger partial charge in [0.1, 0.15) is 11.5 Å². The Balaban J connectivity index is 2.29. The highest BCUT2D eigenvalue weighted by atomic mass is 19.1. The number of hydrogen-bond donors (Lipinski definition) is 1. The van der Waals surface area contributed by atoms with Crippen molar-refractivity contribution in [2.24, 2.45) is 0 Å². The highest BCUT2D eigenvalue weighted by molar-refractivity contribution is 5.62. The van der Waals surface area contributed by atoms with E-state index in [1.807, 2.05) is 6.92 Å². The number of nitro groups is 1. The van der Waals surface area contributed by atoms with E-state index in [-0.39, 0.29) is 11.2 Å². The molecule has 0 unspecified atom stereocenters. The summed E-state index contributed by atoms with van der Waals surface area (Å²) in [5.41, 5.74) is 0.115. The van der Waals surface area contributed by atoms with Gasteiger partial charge in [-0.1, -0.05) is 0 Å². The highest BCUT2D eigenvalue weighted by Crippen LogP contribution is 2.37. The van der Waals surface area contributed by atoms with Crippen LogP contribution in [0.15, 0.2) is 18.2 Å². The van der Waals surface area contributed by atoms with Crippen LogP contribution in [0.1, 0.15) is 26.2 Å². The Morgan fingerprint density at radius 2 is 2.19 bits per heavy atom. The summed E-state index contributed by atoms with van der Waals surface area (Å²) in [6, 6.07) is 3.61. The standard InChI is InChI=1S/C11H13FN2O2/c1-11(5-2-6-11)13-9-4-3-8(12)7-10(9)14(15)16/h3-4,7,13H,2,5-6H2,1H3. The zero-order valence-electron chi connectivity index (χ0n) is 9.00. The summed E-state index contributed by atoms with van der Waals surface area (Å²) < 4.78 is 12.9. The lowest BCUT2D eigenvalue weighted by Crippen LogP contribution is -2.41. The van der Waals surface area contributed by atoms with Gasteiger partial charge in [0.05, 0.1) is 11.0 Å². The first kappa shape index (κ1) is 10.9. The molecule has 1 aromatic carbocycles. The second-order valence-electron chi connectivity index (χ2n) is 4.46. The topological polar surface area (TPSA) is 55.2 Å². The number of nitrogens with zero attached hydrogens (tertiary/aromatic N) is 1. The van der Waals surface area contributed by atoms with Crippen molar-refractivity contribution in [1.29, 1.82) is 0 Å². The lowest BCUT2D eigenvalue weighted by molar-refractivity contribution is -0.384. The zero-order valence-corrected chi connectivity index (χ0v) is 9.00. The summed E-state index contributed by atoms with van der Waals surface area (Å²) >= 11 is 0. The molecule has 0 spiro atoms. The fraction of sp³-hybridized carbons (Fsp3) is 0.455. The summed E-state index contributed by atoms with van der Waals surface area (Å²) in [5, 5.41) is 13.9. The molecule has 0 radical (unpaired) electrons. The highest BCUT2D eigenvalue weighted by Gasteiger charge is 2.33. The van der Waals surface area contributed by atoms with E-state index < -0.39 is 10.7 Å². The minimum atomic E-state index is -0.587. The molecule has 4 nitrogen and oxygen atoms in total. The molecule has 1 N–H and O–H groups in total. The van der Waals surface area contributed by atoms with Gasteiger partial charge in [0.15, 0.2) is 0 Å². The Kier molecular flexibility index (Phi) is 2.53. The molecule has 0 aromatic heterocycles. The average Bonchev–Trinajstić information content (AvgIpc) is 2.18. The Bertz CT molecular complexity index is 430. The predicted molar refractivity (Wildman–Crippen MR) is 58.9 cm³/mol. The van der Waals surface area contributed by atoms with Crippen LogP contribution in [0.5, 0.6) is 0 Å². The maximum atomic E-state index is 12.9. The summed E-state index contributed by atoms with van der Waals surface area (Å²) in [4.78, 5) is 10.2. The van der Waals surface area contributed by atoms with Crippen molar-refractivity contribution in [2.45, 2.75) is 31.7 Å². The molecule has 1 saturated carbocycles.